The summed E-state index contributed by atoms with van der Waals surface area (Å²) in [6.07, 6.45) is 1.37. The second-order valence-electron chi connectivity index (χ2n) is 8.94. The van der Waals surface area contributed by atoms with Crippen LogP contribution >= 0.6 is 0 Å². The van der Waals surface area contributed by atoms with Gasteiger partial charge in [-0.3, -0.25) is 9.59 Å². The number of alkyl carbamates (subject to hydrolysis) is 1. The van der Waals surface area contributed by atoms with E-state index in [2.05, 4.69) is 10.6 Å². The highest BCUT2D eigenvalue weighted by Gasteiger charge is 2.32. The second kappa shape index (κ2) is 10.7. The average Bonchev–Trinajstić information content (AvgIpc) is 3.42. The summed E-state index contributed by atoms with van der Waals surface area (Å²) in [5.41, 5.74) is 4.38. The zero-order chi connectivity index (χ0) is 24.1. The quantitative estimate of drug-likeness (QED) is 0.450. The molecule has 8 nitrogen and oxygen atoms in total. The molecule has 4 N–H and O–H groups in total. The zero-order valence-corrected chi connectivity index (χ0v) is 18.9. The van der Waals surface area contributed by atoms with Crippen LogP contribution in [0.1, 0.15) is 49.1 Å². The Morgan fingerprint density at radius 2 is 1.65 bits per heavy atom. The van der Waals surface area contributed by atoms with Crippen molar-refractivity contribution in [1.82, 2.24) is 10.6 Å². The molecule has 0 radical (unpaired) electrons. The molecule has 0 saturated heterocycles. The van der Waals surface area contributed by atoms with Crippen molar-refractivity contribution in [3.63, 3.8) is 0 Å². The number of aliphatic hydroxyl groups is 1. The van der Waals surface area contributed by atoms with Gasteiger partial charge in [0.15, 0.2) is 0 Å². The van der Waals surface area contributed by atoms with Gasteiger partial charge in [0.2, 0.25) is 5.91 Å². The number of benzene rings is 2. The van der Waals surface area contributed by atoms with Crippen LogP contribution in [-0.4, -0.2) is 53.5 Å². The Morgan fingerprint density at radius 3 is 2.26 bits per heavy atom. The molecule has 2 aromatic carbocycles. The number of carboxylic acid groups (broad SMARTS) is 1. The Morgan fingerprint density at radius 1 is 1.00 bits per heavy atom. The van der Waals surface area contributed by atoms with E-state index >= 15 is 0 Å². The Labute approximate surface area is 198 Å². The molecule has 2 aromatic rings. The third kappa shape index (κ3) is 5.22. The third-order valence-corrected chi connectivity index (χ3v) is 6.82. The van der Waals surface area contributed by atoms with Gasteiger partial charge in [-0.05, 0) is 41.5 Å². The Hall–Kier alpha value is -3.39. The average molecular weight is 467 g/mol. The summed E-state index contributed by atoms with van der Waals surface area (Å²) in [4.78, 5) is 36.6. The summed E-state index contributed by atoms with van der Waals surface area (Å²) < 4.78 is 5.52. The maximum Gasteiger partial charge on any atom is 0.407 e. The topological polar surface area (TPSA) is 125 Å². The number of ether oxygens (including phenoxy) is 1. The minimum absolute atomic E-state index is 0.0233. The minimum Gasteiger partial charge on any atom is -0.481 e. The van der Waals surface area contributed by atoms with Crippen molar-refractivity contribution in [2.75, 3.05) is 13.2 Å². The highest BCUT2D eigenvalue weighted by atomic mass is 16.5. The molecule has 0 spiro atoms. The smallest absolute Gasteiger partial charge is 0.407 e. The lowest BCUT2D eigenvalue weighted by atomic mass is 9.98. The number of carboxylic acids is 1. The van der Waals surface area contributed by atoms with Crippen molar-refractivity contribution in [3.05, 3.63) is 59.7 Å². The molecule has 4 rings (SSSR count). The maximum atomic E-state index is 12.8. The lowest BCUT2D eigenvalue weighted by Crippen LogP contribution is -2.51. The van der Waals surface area contributed by atoms with Crippen molar-refractivity contribution >= 4 is 18.0 Å². The van der Waals surface area contributed by atoms with Crippen molar-refractivity contribution in [3.8, 4) is 11.1 Å². The summed E-state index contributed by atoms with van der Waals surface area (Å²) >= 11 is 0. The van der Waals surface area contributed by atoms with Crippen LogP contribution in [0.4, 0.5) is 4.79 Å². The molecule has 2 amide bonds. The van der Waals surface area contributed by atoms with E-state index in [1.165, 1.54) is 0 Å². The first-order valence-corrected chi connectivity index (χ1v) is 11.7. The highest BCUT2D eigenvalue weighted by molar-refractivity contribution is 5.86. The number of aliphatic carboxylic acids is 1. The van der Waals surface area contributed by atoms with Gasteiger partial charge >= 0.3 is 12.1 Å². The molecule has 2 aliphatic rings. The van der Waals surface area contributed by atoms with Gasteiger partial charge in [-0.25, -0.2) is 4.79 Å². The number of rotatable bonds is 9. The molecule has 8 heteroatoms. The van der Waals surface area contributed by atoms with Crippen molar-refractivity contribution < 1.29 is 29.3 Å². The van der Waals surface area contributed by atoms with Crippen LogP contribution in [0.25, 0.3) is 11.1 Å². The summed E-state index contributed by atoms with van der Waals surface area (Å²) in [6, 6.07) is 14.8. The number of fused-ring (bicyclic) bond motifs is 3. The van der Waals surface area contributed by atoms with Gasteiger partial charge in [0.25, 0.3) is 0 Å². The molecule has 0 aliphatic heterocycles. The lowest BCUT2D eigenvalue weighted by molar-refractivity contribution is -0.137. The second-order valence-corrected chi connectivity index (χ2v) is 8.94. The minimum atomic E-state index is -1.05. The summed E-state index contributed by atoms with van der Waals surface area (Å²) in [6.45, 7) is 0.0763. The first kappa shape index (κ1) is 23.8. The normalized spacial score (nSPS) is 19.7. The number of hydrogen-bond donors (Lipinski definition) is 4. The number of hydrogen-bond acceptors (Lipinski definition) is 5. The van der Waals surface area contributed by atoms with Crippen LogP contribution < -0.4 is 10.6 Å². The van der Waals surface area contributed by atoms with Crippen molar-refractivity contribution in [1.29, 1.82) is 0 Å². The largest absolute Gasteiger partial charge is 0.481 e. The monoisotopic (exact) mass is 466 g/mol. The van der Waals surface area contributed by atoms with E-state index in [1.807, 2.05) is 48.5 Å². The van der Waals surface area contributed by atoms with E-state index in [0.717, 1.165) is 41.5 Å². The van der Waals surface area contributed by atoms with E-state index in [4.69, 9.17) is 9.84 Å². The van der Waals surface area contributed by atoms with Crippen LogP contribution in [-0.2, 0) is 14.3 Å². The van der Waals surface area contributed by atoms with Crippen LogP contribution in [0.2, 0.25) is 0 Å². The Bertz CT molecular complexity index is 1010. The number of aliphatic hydroxyl groups excluding tert-OH is 1. The van der Waals surface area contributed by atoms with Crippen LogP contribution in [0.3, 0.4) is 0 Å². The first-order valence-electron chi connectivity index (χ1n) is 11.7. The molecule has 2 aliphatic carbocycles. The molecule has 1 fully saturated rings. The summed E-state index contributed by atoms with van der Waals surface area (Å²) in [5.74, 6) is -1.66. The van der Waals surface area contributed by atoms with E-state index in [-0.39, 0.29) is 43.9 Å². The lowest BCUT2D eigenvalue weighted by Gasteiger charge is -2.24. The van der Waals surface area contributed by atoms with Gasteiger partial charge in [-0.15, -0.1) is 0 Å². The maximum absolute atomic E-state index is 12.8. The fourth-order valence-electron chi connectivity index (χ4n) is 5.05. The van der Waals surface area contributed by atoms with Crippen molar-refractivity contribution in [2.24, 2.45) is 5.92 Å². The van der Waals surface area contributed by atoms with Gasteiger partial charge in [-0.2, -0.15) is 0 Å². The zero-order valence-electron chi connectivity index (χ0n) is 18.9. The summed E-state index contributed by atoms with van der Waals surface area (Å²) in [7, 11) is 0. The SMILES string of the molecule is O=C(O)CCC(NC(=O)OCC1c2ccccc2-c2ccccc21)C(=O)NC1CCCC1CO. The molecule has 3 unspecified atom stereocenters. The number of nitrogens with one attached hydrogen (secondary N) is 2. The Balaban J connectivity index is 1.40. The van der Waals surface area contributed by atoms with Gasteiger partial charge < -0.3 is 25.6 Å². The summed E-state index contributed by atoms with van der Waals surface area (Å²) in [5, 5.41) is 24.0. The predicted octanol–water partition coefficient (Wildman–Crippen LogP) is 3.04. The van der Waals surface area contributed by atoms with Gasteiger partial charge in [-0.1, -0.05) is 55.0 Å². The molecule has 0 heterocycles. The molecule has 1 saturated carbocycles. The molecule has 0 aromatic heterocycles. The molecular weight excluding hydrogens is 436 g/mol. The van der Waals surface area contributed by atoms with Crippen molar-refractivity contribution in [2.45, 2.75) is 50.1 Å². The van der Waals surface area contributed by atoms with E-state index < -0.39 is 24.0 Å². The van der Waals surface area contributed by atoms with E-state index in [1.54, 1.807) is 0 Å². The molecule has 0 bridgehead atoms. The van der Waals surface area contributed by atoms with E-state index in [0.29, 0.717) is 0 Å². The Kier molecular flexibility index (Phi) is 7.47. The standard InChI is InChI=1S/C26H30N2O6/c29-14-16-6-5-11-22(16)27-25(32)23(12-13-24(30)31)28-26(33)34-15-21-19-9-3-1-7-17(19)18-8-2-4-10-20(18)21/h1-4,7-10,16,21-23,29H,5-6,11-15H2,(H,27,32)(H,28,33)(H,30,31). The third-order valence-electron chi connectivity index (χ3n) is 6.82. The van der Waals surface area contributed by atoms with Gasteiger partial charge in [0.1, 0.15) is 12.6 Å². The number of carbonyl (C=O) groups excluding carboxylic acids is 2. The molecule has 180 valence electrons. The number of carbonyl (C=O) groups is 3. The van der Waals surface area contributed by atoms with Crippen LogP contribution in [0, 0.1) is 5.92 Å². The van der Waals surface area contributed by atoms with Crippen LogP contribution in [0.15, 0.2) is 48.5 Å². The van der Waals surface area contributed by atoms with Crippen LogP contribution in [0.5, 0.6) is 0 Å². The van der Waals surface area contributed by atoms with Gasteiger partial charge in [0.05, 0.1) is 0 Å². The predicted molar refractivity (Wildman–Crippen MR) is 125 cm³/mol. The molecule has 34 heavy (non-hydrogen) atoms. The first-order chi connectivity index (χ1) is 16.5. The molecular formula is C26H30N2O6. The fourth-order valence-corrected chi connectivity index (χ4v) is 5.05. The van der Waals surface area contributed by atoms with Gasteiger partial charge in [0, 0.05) is 30.9 Å². The highest BCUT2D eigenvalue weighted by Crippen LogP contribution is 2.44. The number of amides is 2. The fraction of sp³-hybridized carbons (Fsp3) is 0.423. The van der Waals surface area contributed by atoms with E-state index in [9.17, 15) is 19.5 Å². The molecule has 3 atom stereocenters.